The average molecular weight is 509 g/mol. The molecule has 2 N–H and O–H groups in total. The number of para-hydroxylation sites is 1. The van der Waals surface area contributed by atoms with Gasteiger partial charge in [0.25, 0.3) is 0 Å². The Kier molecular flexibility index (Phi) is 6.39. The van der Waals surface area contributed by atoms with Gasteiger partial charge in [-0.3, -0.25) is 4.79 Å². The van der Waals surface area contributed by atoms with E-state index >= 15 is 0 Å². The van der Waals surface area contributed by atoms with Crippen LogP contribution in [0.25, 0.3) is 21.8 Å². The first kappa shape index (κ1) is 23.7. The molecule has 0 aliphatic heterocycles. The molecule has 1 aliphatic carbocycles. The first-order chi connectivity index (χ1) is 18.1. The summed E-state index contributed by atoms with van der Waals surface area (Å²) in [5.74, 6) is 1.06. The molecule has 0 unspecified atom stereocenters. The standard InChI is InChI=1S/C32H29NO3S/c34-23-10-14-25(15-11-23)37(26-16-12-24(35)13-17-26)27-18-19-31-29(20-27)32(36)28-8-4-5-9-30(28)33(31)21-22-6-2-1-3-7-22/h4-5,8-20,22H,1-3,6-7,21H2,(H-,34,35)/p+1. The molecule has 1 aromatic heterocycles. The van der Waals surface area contributed by atoms with Crippen LogP contribution in [0.5, 0.6) is 11.5 Å². The molecule has 0 amide bonds. The van der Waals surface area contributed by atoms with E-state index in [2.05, 4.69) is 28.8 Å². The van der Waals surface area contributed by atoms with Crippen LogP contribution in [0, 0.1) is 5.92 Å². The highest BCUT2D eigenvalue weighted by atomic mass is 32.2. The number of nitrogens with zero attached hydrogens (tertiary/aromatic N) is 1. The van der Waals surface area contributed by atoms with Gasteiger partial charge in [-0.2, -0.15) is 0 Å². The maximum atomic E-state index is 13.8. The average Bonchev–Trinajstić information content (AvgIpc) is 2.94. The first-order valence-electron chi connectivity index (χ1n) is 13.0. The summed E-state index contributed by atoms with van der Waals surface area (Å²) >= 11 is 0. The van der Waals surface area contributed by atoms with Gasteiger partial charge in [0.15, 0.2) is 20.1 Å². The Balaban J connectivity index is 1.55. The lowest BCUT2D eigenvalue weighted by Crippen LogP contribution is -2.18. The predicted octanol–water partition coefficient (Wildman–Crippen LogP) is 7.24. The highest BCUT2D eigenvalue weighted by molar-refractivity contribution is 7.97. The van der Waals surface area contributed by atoms with E-state index in [9.17, 15) is 15.0 Å². The number of rotatable bonds is 5. The molecule has 0 radical (unpaired) electrons. The van der Waals surface area contributed by atoms with Crippen LogP contribution >= 0.6 is 0 Å². The predicted molar refractivity (Wildman–Crippen MR) is 151 cm³/mol. The molecule has 1 saturated carbocycles. The third kappa shape index (κ3) is 4.60. The van der Waals surface area contributed by atoms with Crippen molar-refractivity contribution in [2.24, 2.45) is 5.92 Å². The molecule has 5 aromatic rings. The number of hydrogen-bond donors (Lipinski definition) is 2. The summed E-state index contributed by atoms with van der Waals surface area (Å²) in [7, 11) is -0.512. The number of aromatic nitrogens is 1. The molecule has 4 aromatic carbocycles. The highest BCUT2D eigenvalue weighted by Crippen LogP contribution is 2.35. The molecule has 1 fully saturated rings. The van der Waals surface area contributed by atoms with E-state index in [-0.39, 0.29) is 16.9 Å². The fourth-order valence-corrected chi connectivity index (χ4v) is 7.71. The maximum Gasteiger partial charge on any atom is 0.197 e. The van der Waals surface area contributed by atoms with Crippen molar-refractivity contribution in [2.45, 2.75) is 53.3 Å². The van der Waals surface area contributed by atoms with Gasteiger partial charge in [0.2, 0.25) is 0 Å². The van der Waals surface area contributed by atoms with Crippen LogP contribution in [0.3, 0.4) is 0 Å². The second-order valence-electron chi connectivity index (χ2n) is 9.93. The van der Waals surface area contributed by atoms with E-state index < -0.39 is 10.9 Å². The van der Waals surface area contributed by atoms with Gasteiger partial charge in [-0.25, -0.2) is 0 Å². The van der Waals surface area contributed by atoms with Crippen molar-refractivity contribution in [1.29, 1.82) is 0 Å². The number of phenolic OH excluding ortho intramolecular Hbond substituents is 2. The van der Waals surface area contributed by atoms with Gasteiger partial charge >= 0.3 is 0 Å². The summed E-state index contributed by atoms with van der Waals surface area (Å²) in [5, 5.41) is 21.3. The van der Waals surface area contributed by atoms with Gasteiger partial charge < -0.3 is 14.8 Å². The molecule has 186 valence electrons. The quantitative estimate of drug-likeness (QED) is 0.194. The Morgan fingerprint density at radius 2 is 1.24 bits per heavy atom. The van der Waals surface area contributed by atoms with Crippen molar-refractivity contribution < 1.29 is 10.2 Å². The lowest BCUT2D eigenvalue weighted by atomic mass is 9.89. The maximum absolute atomic E-state index is 13.8. The topological polar surface area (TPSA) is 62.5 Å². The van der Waals surface area contributed by atoms with Gasteiger partial charge in [-0.05, 0) is 91.6 Å². The van der Waals surface area contributed by atoms with E-state index in [4.69, 9.17) is 0 Å². The monoisotopic (exact) mass is 508 g/mol. The minimum absolute atomic E-state index is 0.0623. The Bertz CT molecular complexity index is 1570. The SMILES string of the molecule is O=c1c2ccccc2n(CC2CCCCC2)c2ccc([S+](c3ccc(O)cc3)c3ccc(O)cc3)cc12. The number of hydrogen-bond acceptors (Lipinski definition) is 3. The van der Waals surface area contributed by atoms with Gasteiger partial charge in [0, 0.05) is 18.0 Å². The molecule has 37 heavy (non-hydrogen) atoms. The van der Waals surface area contributed by atoms with Crippen molar-refractivity contribution in [3.05, 3.63) is 101 Å². The minimum Gasteiger partial charge on any atom is -0.508 e. The van der Waals surface area contributed by atoms with E-state index in [1.54, 1.807) is 24.3 Å². The number of benzene rings is 4. The van der Waals surface area contributed by atoms with Crippen molar-refractivity contribution in [1.82, 2.24) is 4.57 Å². The number of pyridine rings is 1. The van der Waals surface area contributed by atoms with E-state index in [1.807, 2.05) is 42.5 Å². The van der Waals surface area contributed by atoms with Crippen molar-refractivity contribution >= 4 is 32.7 Å². The zero-order valence-electron chi connectivity index (χ0n) is 20.6. The van der Waals surface area contributed by atoms with E-state index in [1.165, 1.54) is 32.1 Å². The lowest BCUT2D eigenvalue weighted by Gasteiger charge is -2.25. The molecule has 1 aliphatic rings. The largest absolute Gasteiger partial charge is 0.508 e. The summed E-state index contributed by atoms with van der Waals surface area (Å²) in [5.41, 5.74) is 2.06. The van der Waals surface area contributed by atoms with Crippen LogP contribution in [0.4, 0.5) is 0 Å². The molecule has 4 nitrogen and oxygen atoms in total. The second-order valence-corrected chi connectivity index (χ2v) is 12.0. The molecular weight excluding hydrogens is 478 g/mol. The van der Waals surface area contributed by atoms with Crippen molar-refractivity contribution in [3.63, 3.8) is 0 Å². The van der Waals surface area contributed by atoms with Crippen LogP contribution in [-0.4, -0.2) is 14.8 Å². The third-order valence-electron chi connectivity index (χ3n) is 7.49. The van der Waals surface area contributed by atoms with Gasteiger partial charge in [0.05, 0.1) is 27.3 Å². The van der Waals surface area contributed by atoms with Crippen molar-refractivity contribution in [2.75, 3.05) is 0 Å². The number of fused-ring (bicyclic) bond motifs is 2. The van der Waals surface area contributed by atoms with Gasteiger partial charge in [-0.1, -0.05) is 31.4 Å². The first-order valence-corrected chi connectivity index (χ1v) is 14.2. The zero-order chi connectivity index (χ0) is 25.4. The summed E-state index contributed by atoms with van der Waals surface area (Å²) in [6, 6.07) is 28.8. The van der Waals surface area contributed by atoms with Crippen LogP contribution in [0.1, 0.15) is 32.1 Å². The van der Waals surface area contributed by atoms with Crippen LogP contribution in [-0.2, 0) is 17.4 Å². The van der Waals surface area contributed by atoms with Crippen molar-refractivity contribution in [3.8, 4) is 11.5 Å². The second kappa shape index (κ2) is 9.98. The third-order valence-corrected chi connectivity index (χ3v) is 9.70. The summed E-state index contributed by atoms with van der Waals surface area (Å²) in [6.07, 6.45) is 6.37. The Morgan fingerprint density at radius 1 is 0.676 bits per heavy atom. The molecule has 0 atom stereocenters. The number of phenols is 2. The fourth-order valence-electron chi connectivity index (χ4n) is 5.63. The molecule has 0 saturated heterocycles. The highest BCUT2D eigenvalue weighted by Gasteiger charge is 2.30. The molecular formula is C32H30NO3S+. The summed E-state index contributed by atoms with van der Waals surface area (Å²) in [4.78, 5) is 16.9. The Hall–Kier alpha value is -3.70. The molecule has 1 heterocycles. The van der Waals surface area contributed by atoms with Crippen LogP contribution in [0.15, 0.2) is 110 Å². The van der Waals surface area contributed by atoms with Crippen LogP contribution < -0.4 is 5.43 Å². The minimum atomic E-state index is -0.512. The van der Waals surface area contributed by atoms with E-state index in [0.29, 0.717) is 5.92 Å². The lowest BCUT2D eigenvalue weighted by molar-refractivity contribution is 0.325. The van der Waals surface area contributed by atoms with Gasteiger partial charge in [-0.15, -0.1) is 0 Å². The summed E-state index contributed by atoms with van der Waals surface area (Å²) < 4.78 is 2.37. The molecule has 5 heteroatoms. The zero-order valence-corrected chi connectivity index (χ0v) is 21.5. The Morgan fingerprint density at radius 3 is 1.89 bits per heavy atom. The fraction of sp³-hybridized carbons (Fsp3) is 0.219. The molecule has 6 rings (SSSR count). The normalized spacial score (nSPS) is 14.5. The number of aromatic hydroxyl groups is 2. The van der Waals surface area contributed by atoms with Crippen LogP contribution in [0.2, 0.25) is 0 Å². The molecule has 0 spiro atoms. The molecule has 0 bridgehead atoms. The van der Waals surface area contributed by atoms with Gasteiger partial charge in [0.1, 0.15) is 11.5 Å². The summed E-state index contributed by atoms with van der Waals surface area (Å²) in [6.45, 7) is 0.929. The van der Waals surface area contributed by atoms with E-state index in [0.717, 1.165) is 43.0 Å². The smallest absolute Gasteiger partial charge is 0.197 e. The Labute approximate surface area is 219 Å².